The Hall–Kier alpha value is 1.06. The minimum atomic E-state index is -0.189. The van der Waals surface area contributed by atoms with Crippen molar-refractivity contribution in [2.24, 2.45) is 0 Å². The van der Waals surface area contributed by atoms with Gasteiger partial charge < -0.3 is 1.43 Å². The van der Waals surface area contributed by atoms with Gasteiger partial charge in [-0.05, 0) is 6.42 Å². The van der Waals surface area contributed by atoms with Gasteiger partial charge >= 0.3 is 38.2 Å². The van der Waals surface area contributed by atoms with Gasteiger partial charge in [0.05, 0.1) is 6.61 Å². The van der Waals surface area contributed by atoms with E-state index in [4.69, 9.17) is 0 Å². The van der Waals surface area contributed by atoms with E-state index < -0.39 is 0 Å². The third kappa shape index (κ3) is 12.3. The molecule has 0 saturated carbocycles. The van der Waals surface area contributed by atoms with E-state index in [0.29, 0.717) is 6.61 Å². The summed E-state index contributed by atoms with van der Waals surface area (Å²) in [5.74, 6) is 0. The molecular formula is C5H12NaO2P. The van der Waals surface area contributed by atoms with Crippen molar-refractivity contribution in [2.75, 3.05) is 6.61 Å². The summed E-state index contributed by atoms with van der Waals surface area (Å²) in [5.41, 5.74) is 0. The van der Waals surface area contributed by atoms with Crippen LogP contribution >= 0.6 is 8.69 Å². The fraction of sp³-hybridized carbons (Fsp3) is 1.00. The van der Waals surface area contributed by atoms with Crippen molar-refractivity contribution in [1.29, 1.82) is 0 Å². The Morgan fingerprint density at radius 1 is 1.56 bits per heavy atom. The van der Waals surface area contributed by atoms with Crippen LogP contribution in [-0.4, -0.2) is 6.61 Å². The molecule has 0 aliphatic rings. The zero-order chi connectivity index (χ0) is 6.24. The SMILES string of the molecule is CCCCCOP=O.[H-].[Na+]. The van der Waals surface area contributed by atoms with Gasteiger partial charge in [0.1, 0.15) is 0 Å². The second-order valence-electron chi connectivity index (χ2n) is 1.61. The van der Waals surface area contributed by atoms with Crippen molar-refractivity contribution in [2.45, 2.75) is 26.2 Å². The van der Waals surface area contributed by atoms with E-state index in [1.807, 2.05) is 0 Å². The molecule has 4 heteroatoms. The Kier molecular flexibility index (Phi) is 16.7. The molecule has 0 spiro atoms. The van der Waals surface area contributed by atoms with Gasteiger partial charge in [-0.15, -0.1) is 0 Å². The summed E-state index contributed by atoms with van der Waals surface area (Å²) >= 11 is 0. The van der Waals surface area contributed by atoms with Crippen molar-refractivity contribution in [3.63, 3.8) is 0 Å². The largest absolute Gasteiger partial charge is 1.00 e. The maximum Gasteiger partial charge on any atom is 1.00 e. The molecule has 0 unspecified atom stereocenters. The average molecular weight is 158 g/mol. The van der Waals surface area contributed by atoms with Gasteiger partial charge in [0.25, 0.3) is 0 Å². The summed E-state index contributed by atoms with van der Waals surface area (Å²) in [6.45, 7) is 2.74. The molecule has 0 aliphatic heterocycles. The first-order valence-electron chi connectivity index (χ1n) is 2.86. The van der Waals surface area contributed by atoms with Crippen LogP contribution < -0.4 is 29.6 Å². The zero-order valence-corrected chi connectivity index (χ0v) is 8.99. The normalized spacial score (nSPS) is 9.00. The first kappa shape index (κ1) is 12.7. The molecule has 0 aromatic carbocycles. The molecule has 0 N–H and O–H groups in total. The van der Waals surface area contributed by atoms with Crippen molar-refractivity contribution < 1.29 is 40.1 Å². The molecule has 0 amide bonds. The molecule has 0 aliphatic carbocycles. The van der Waals surface area contributed by atoms with Gasteiger partial charge in [-0.3, -0.25) is 4.52 Å². The Morgan fingerprint density at radius 3 is 2.67 bits per heavy atom. The molecule has 2 nitrogen and oxygen atoms in total. The maximum absolute atomic E-state index is 9.64. The summed E-state index contributed by atoms with van der Waals surface area (Å²) in [6, 6.07) is 0. The topological polar surface area (TPSA) is 26.3 Å². The molecule has 0 bridgehead atoms. The Bertz CT molecular complexity index is 65.6. The minimum Gasteiger partial charge on any atom is -1.00 e. The molecular weight excluding hydrogens is 146 g/mol. The van der Waals surface area contributed by atoms with Crippen LogP contribution in [0.15, 0.2) is 0 Å². The van der Waals surface area contributed by atoms with Gasteiger partial charge in [0, 0.05) is 0 Å². The standard InChI is InChI=1S/C5H11O2P.Na.H/c1-2-3-4-5-7-8-6;;/h2-5H2,1H3;;/q;+1;-1. The van der Waals surface area contributed by atoms with Crippen LogP contribution in [0.1, 0.15) is 27.6 Å². The number of hydrogen-bond donors (Lipinski definition) is 0. The second-order valence-corrected chi connectivity index (χ2v) is 2.02. The van der Waals surface area contributed by atoms with Gasteiger partial charge in [-0.2, -0.15) is 0 Å². The van der Waals surface area contributed by atoms with Crippen LogP contribution in [0.3, 0.4) is 0 Å². The fourth-order valence-corrected chi connectivity index (χ4v) is 0.658. The second kappa shape index (κ2) is 11.8. The molecule has 9 heavy (non-hydrogen) atoms. The minimum absolute atomic E-state index is 0. The third-order valence-electron chi connectivity index (χ3n) is 0.892. The van der Waals surface area contributed by atoms with Gasteiger partial charge in [0.2, 0.25) is 0 Å². The van der Waals surface area contributed by atoms with Crippen molar-refractivity contribution in [3.05, 3.63) is 0 Å². The summed E-state index contributed by atoms with van der Waals surface area (Å²) in [4.78, 5) is 0. The fourth-order valence-electron chi connectivity index (χ4n) is 0.454. The molecule has 0 fully saturated rings. The molecule has 0 rings (SSSR count). The van der Waals surface area contributed by atoms with E-state index >= 15 is 0 Å². The molecule has 0 radical (unpaired) electrons. The van der Waals surface area contributed by atoms with Crippen LogP contribution in [0.25, 0.3) is 0 Å². The molecule has 0 aromatic heterocycles. The Morgan fingerprint density at radius 2 is 2.22 bits per heavy atom. The Balaban J connectivity index is -0.000000245. The number of unbranched alkanes of at least 4 members (excludes halogenated alkanes) is 2. The maximum atomic E-state index is 9.64. The quantitative estimate of drug-likeness (QED) is 0.307. The predicted octanol–water partition coefficient (Wildman–Crippen LogP) is -0.484. The monoisotopic (exact) mass is 158 g/mol. The van der Waals surface area contributed by atoms with E-state index in [2.05, 4.69) is 11.4 Å². The summed E-state index contributed by atoms with van der Waals surface area (Å²) < 4.78 is 14.2. The van der Waals surface area contributed by atoms with Crippen LogP contribution in [0.5, 0.6) is 0 Å². The number of rotatable bonds is 5. The molecule has 0 atom stereocenters. The first-order valence-corrected chi connectivity index (χ1v) is 3.59. The molecule has 0 aromatic rings. The van der Waals surface area contributed by atoms with Gasteiger partial charge in [-0.25, -0.2) is 4.57 Å². The summed E-state index contributed by atoms with van der Waals surface area (Å²) in [5, 5.41) is 0. The summed E-state index contributed by atoms with van der Waals surface area (Å²) in [7, 11) is -0.189. The Labute approximate surface area is 81.4 Å². The van der Waals surface area contributed by atoms with Crippen molar-refractivity contribution in [1.82, 2.24) is 0 Å². The number of hydrogen-bond acceptors (Lipinski definition) is 2. The van der Waals surface area contributed by atoms with Gasteiger partial charge in [0.15, 0.2) is 0 Å². The average Bonchev–Trinajstić information content (AvgIpc) is 1.81. The smallest absolute Gasteiger partial charge is 1.00 e. The van der Waals surface area contributed by atoms with E-state index in [0.717, 1.165) is 12.8 Å². The van der Waals surface area contributed by atoms with E-state index in [9.17, 15) is 4.57 Å². The van der Waals surface area contributed by atoms with Crippen LogP contribution in [-0.2, 0) is 9.09 Å². The molecule has 50 valence electrons. The zero-order valence-electron chi connectivity index (χ0n) is 7.09. The van der Waals surface area contributed by atoms with Crippen LogP contribution in [0, 0.1) is 0 Å². The first-order chi connectivity index (χ1) is 3.91. The van der Waals surface area contributed by atoms with E-state index in [1.54, 1.807) is 0 Å². The van der Waals surface area contributed by atoms with Gasteiger partial charge in [-0.1, -0.05) is 19.8 Å². The van der Waals surface area contributed by atoms with E-state index in [1.165, 1.54) is 6.42 Å². The van der Waals surface area contributed by atoms with Crippen LogP contribution in [0.2, 0.25) is 0 Å². The van der Waals surface area contributed by atoms with E-state index in [-0.39, 0.29) is 39.7 Å². The van der Waals surface area contributed by atoms with Crippen LogP contribution in [0.4, 0.5) is 0 Å². The third-order valence-corrected chi connectivity index (χ3v) is 1.18. The molecule has 0 heterocycles. The molecule has 0 saturated heterocycles. The summed E-state index contributed by atoms with van der Waals surface area (Å²) in [6.07, 6.45) is 3.36. The predicted molar refractivity (Wildman–Crippen MR) is 34.2 cm³/mol. The van der Waals surface area contributed by atoms with Crippen molar-refractivity contribution in [3.8, 4) is 0 Å². The van der Waals surface area contributed by atoms with Crippen molar-refractivity contribution >= 4 is 8.69 Å².